The van der Waals surface area contributed by atoms with E-state index in [1.807, 2.05) is 13.8 Å². The molecular weight excluding hydrogens is 270 g/mol. The van der Waals surface area contributed by atoms with Crippen LogP contribution in [-0.2, 0) is 4.79 Å². The number of carbonyl (C=O) groups is 3. The number of nitrogens with one attached hydrogen (secondary N) is 2. The molecule has 1 aromatic carbocycles. The predicted molar refractivity (Wildman–Crippen MR) is 78.9 cm³/mol. The molecule has 0 radical (unpaired) electrons. The summed E-state index contributed by atoms with van der Waals surface area (Å²) in [6, 6.07) is 4.65. The van der Waals surface area contributed by atoms with E-state index in [2.05, 4.69) is 10.6 Å². The Labute approximate surface area is 123 Å². The molecule has 1 heterocycles. The van der Waals surface area contributed by atoms with Crippen LogP contribution in [-0.4, -0.2) is 24.3 Å². The third-order valence-corrected chi connectivity index (χ3v) is 3.41. The summed E-state index contributed by atoms with van der Waals surface area (Å²) in [5.41, 5.74) is 6.74. The van der Waals surface area contributed by atoms with Crippen molar-refractivity contribution in [2.75, 3.05) is 11.9 Å². The Morgan fingerprint density at radius 1 is 1.24 bits per heavy atom. The predicted octanol–water partition coefficient (Wildman–Crippen LogP) is 1.13. The van der Waals surface area contributed by atoms with E-state index in [-0.39, 0.29) is 23.9 Å². The molecule has 112 valence electrons. The van der Waals surface area contributed by atoms with Crippen LogP contribution in [0.3, 0.4) is 0 Å². The lowest BCUT2D eigenvalue weighted by Gasteiger charge is -2.17. The van der Waals surface area contributed by atoms with Gasteiger partial charge in [-0.2, -0.15) is 0 Å². The Morgan fingerprint density at radius 2 is 1.90 bits per heavy atom. The summed E-state index contributed by atoms with van der Waals surface area (Å²) in [6.45, 7) is 4.33. The van der Waals surface area contributed by atoms with Gasteiger partial charge in [-0.1, -0.05) is 13.8 Å². The molecule has 1 aliphatic rings. The van der Waals surface area contributed by atoms with E-state index in [0.29, 0.717) is 23.6 Å². The van der Waals surface area contributed by atoms with Gasteiger partial charge in [0, 0.05) is 12.2 Å². The van der Waals surface area contributed by atoms with Crippen LogP contribution in [0.25, 0.3) is 0 Å². The molecule has 2 rings (SSSR count). The zero-order valence-electron chi connectivity index (χ0n) is 12.1. The average molecular weight is 289 g/mol. The first-order chi connectivity index (χ1) is 9.92. The molecule has 0 spiro atoms. The number of benzene rings is 1. The maximum Gasteiger partial charge on any atom is 0.259 e. The van der Waals surface area contributed by atoms with Gasteiger partial charge in [-0.15, -0.1) is 0 Å². The van der Waals surface area contributed by atoms with Gasteiger partial charge in [0.1, 0.15) is 0 Å². The van der Waals surface area contributed by atoms with Crippen molar-refractivity contribution in [3.63, 3.8) is 0 Å². The maximum atomic E-state index is 12.2. The van der Waals surface area contributed by atoms with Gasteiger partial charge < -0.3 is 11.1 Å². The second-order valence-corrected chi connectivity index (χ2v) is 5.60. The van der Waals surface area contributed by atoms with Crippen LogP contribution in [0.4, 0.5) is 5.69 Å². The molecule has 0 bridgehead atoms. The molecule has 1 aromatic rings. The van der Waals surface area contributed by atoms with Crippen molar-refractivity contribution < 1.29 is 14.4 Å². The van der Waals surface area contributed by atoms with Crippen molar-refractivity contribution in [2.45, 2.75) is 20.3 Å². The zero-order chi connectivity index (χ0) is 15.6. The first-order valence-electron chi connectivity index (χ1n) is 6.93. The minimum absolute atomic E-state index is 0.170. The lowest BCUT2D eigenvalue weighted by molar-refractivity contribution is -0.120. The van der Waals surface area contributed by atoms with Crippen molar-refractivity contribution in [2.24, 2.45) is 17.6 Å². The molecule has 0 fully saturated rings. The number of carbonyl (C=O) groups excluding carboxylic acids is 3. The summed E-state index contributed by atoms with van der Waals surface area (Å²) in [5.74, 6) is -0.923. The molecule has 0 aromatic heterocycles. The quantitative estimate of drug-likeness (QED) is 0.707. The van der Waals surface area contributed by atoms with E-state index in [9.17, 15) is 14.4 Å². The van der Waals surface area contributed by atoms with Crippen LogP contribution in [0.15, 0.2) is 18.2 Å². The van der Waals surface area contributed by atoms with Gasteiger partial charge in [0.05, 0.1) is 17.0 Å². The largest absolute Gasteiger partial charge is 0.330 e. The van der Waals surface area contributed by atoms with Gasteiger partial charge in [-0.05, 0) is 30.5 Å². The van der Waals surface area contributed by atoms with Gasteiger partial charge in [-0.3, -0.25) is 19.7 Å². The van der Waals surface area contributed by atoms with Crippen LogP contribution < -0.4 is 16.4 Å². The number of anilines is 1. The molecule has 0 saturated heterocycles. The molecule has 0 aliphatic carbocycles. The molecule has 1 atom stereocenters. The normalized spacial score (nSPS) is 14.9. The Hall–Kier alpha value is -2.21. The van der Waals surface area contributed by atoms with E-state index in [1.165, 1.54) is 12.1 Å². The smallest absolute Gasteiger partial charge is 0.259 e. The zero-order valence-corrected chi connectivity index (χ0v) is 12.1. The van der Waals surface area contributed by atoms with E-state index < -0.39 is 11.8 Å². The maximum absolute atomic E-state index is 12.2. The van der Waals surface area contributed by atoms with Crippen molar-refractivity contribution in [1.29, 1.82) is 0 Å². The molecule has 6 heteroatoms. The summed E-state index contributed by atoms with van der Waals surface area (Å²) in [6.07, 6.45) is 0.701. The van der Waals surface area contributed by atoms with Crippen LogP contribution in [0.5, 0.6) is 0 Å². The van der Waals surface area contributed by atoms with Crippen LogP contribution >= 0.6 is 0 Å². The Balaban J connectivity index is 2.13. The van der Waals surface area contributed by atoms with Gasteiger partial charge >= 0.3 is 0 Å². The molecule has 0 saturated carbocycles. The summed E-state index contributed by atoms with van der Waals surface area (Å²) >= 11 is 0. The minimum atomic E-state index is -0.441. The Kier molecular flexibility index (Phi) is 4.37. The second kappa shape index (κ2) is 6.05. The molecule has 4 N–H and O–H groups in total. The number of hydrogen-bond acceptors (Lipinski definition) is 4. The molecule has 21 heavy (non-hydrogen) atoms. The Bertz CT molecular complexity index is 596. The minimum Gasteiger partial charge on any atom is -0.330 e. The number of nitrogens with two attached hydrogens (primary N) is 1. The molecule has 1 aliphatic heterocycles. The fraction of sp³-hybridized carbons (Fsp3) is 0.400. The SMILES string of the molecule is CC(C)CC(CN)C(=O)Nc1ccc2c(c1)C(=O)NC2=O. The molecule has 6 nitrogen and oxygen atoms in total. The first kappa shape index (κ1) is 15.2. The second-order valence-electron chi connectivity index (χ2n) is 5.60. The average Bonchev–Trinajstić information content (AvgIpc) is 2.70. The van der Waals surface area contributed by atoms with Crippen molar-refractivity contribution in [1.82, 2.24) is 5.32 Å². The summed E-state index contributed by atoms with van der Waals surface area (Å²) in [4.78, 5) is 35.2. The van der Waals surface area contributed by atoms with E-state index in [4.69, 9.17) is 5.73 Å². The monoisotopic (exact) mass is 289 g/mol. The third kappa shape index (κ3) is 3.28. The summed E-state index contributed by atoms with van der Waals surface area (Å²) < 4.78 is 0. The highest BCUT2D eigenvalue weighted by atomic mass is 16.2. The summed E-state index contributed by atoms with van der Waals surface area (Å²) in [5, 5.41) is 4.97. The fourth-order valence-electron chi connectivity index (χ4n) is 2.37. The van der Waals surface area contributed by atoms with Gasteiger partial charge in [0.15, 0.2) is 0 Å². The highest BCUT2D eigenvalue weighted by Gasteiger charge is 2.27. The van der Waals surface area contributed by atoms with E-state index in [0.717, 1.165) is 0 Å². The van der Waals surface area contributed by atoms with Crippen LogP contribution in [0.2, 0.25) is 0 Å². The number of fused-ring (bicyclic) bond motifs is 1. The van der Waals surface area contributed by atoms with Crippen molar-refractivity contribution >= 4 is 23.4 Å². The number of rotatable bonds is 5. The van der Waals surface area contributed by atoms with E-state index in [1.54, 1.807) is 6.07 Å². The van der Waals surface area contributed by atoms with Crippen LogP contribution in [0.1, 0.15) is 41.0 Å². The standard InChI is InChI=1S/C15H19N3O3/c1-8(2)5-9(7-16)13(19)17-10-3-4-11-12(6-10)15(21)18-14(11)20/h3-4,6,8-9H,5,7,16H2,1-2H3,(H,17,19)(H,18,20,21). The number of hydrogen-bond donors (Lipinski definition) is 3. The fourth-order valence-corrected chi connectivity index (χ4v) is 2.37. The lowest BCUT2D eigenvalue weighted by Crippen LogP contribution is -2.30. The molecule has 1 unspecified atom stereocenters. The van der Waals surface area contributed by atoms with Crippen molar-refractivity contribution in [3.8, 4) is 0 Å². The number of imide groups is 1. The van der Waals surface area contributed by atoms with Gasteiger partial charge in [0.2, 0.25) is 5.91 Å². The lowest BCUT2D eigenvalue weighted by atomic mass is 9.96. The topological polar surface area (TPSA) is 101 Å². The number of amides is 3. The van der Waals surface area contributed by atoms with E-state index >= 15 is 0 Å². The third-order valence-electron chi connectivity index (χ3n) is 3.41. The molecular formula is C15H19N3O3. The summed E-state index contributed by atoms with van der Waals surface area (Å²) in [7, 11) is 0. The van der Waals surface area contributed by atoms with Crippen LogP contribution in [0, 0.1) is 11.8 Å². The first-order valence-corrected chi connectivity index (χ1v) is 6.93. The van der Waals surface area contributed by atoms with Gasteiger partial charge in [-0.25, -0.2) is 0 Å². The highest BCUT2D eigenvalue weighted by Crippen LogP contribution is 2.21. The van der Waals surface area contributed by atoms with Gasteiger partial charge in [0.25, 0.3) is 11.8 Å². The van der Waals surface area contributed by atoms with Crippen molar-refractivity contribution in [3.05, 3.63) is 29.3 Å². The Morgan fingerprint density at radius 3 is 2.52 bits per heavy atom. The highest BCUT2D eigenvalue weighted by molar-refractivity contribution is 6.22. The molecule has 3 amide bonds.